The van der Waals surface area contributed by atoms with Crippen molar-refractivity contribution in [2.75, 3.05) is 0 Å². The highest BCUT2D eigenvalue weighted by Gasteiger charge is 2.33. The minimum Gasteiger partial charge on any atom is -0.508 e. The lowest BCUT2D eigenvalue weighted by atomic mass is 9.68. The molecule has 0 heterocycles. The maximum atomic E-state index is 9.80. The number of rotatable bonds is 6. The van der Waals surface area contributed by atoms with Crippen LogP contribution in [-0.4, -0.2) is 10.2 Å². The highest BCUT2D eigenvalue weighted by atomic mass is 16.3. The zero-order valence-electron chi connectivity index (χ0n) is 17.1. The lowest BCUT2D eigenvalue weighted by Crippen LogP contribution is -2.27. The summed E-state index contributed by atoms with van der Waals surface area (Å²) in [5, 5.41) is 19.6. The summed E-state index contributed by atoms with van der Waals surface area (Å²) in [6.45, 7) is 2.30. The van der Waals surface area contributed by atoms with Gasteiger partial charge in [0.15, 0.2) is 0 Å². The molecule has 4 aromatic carbocycles. The van der Waals surface area contributed by atoms with Crippen LogP contribution in [-0.2, 0) is 5.41 Å². The first-order valence-electron chi connectivity index (χ1n) is 10.3. The molecule has 0 fully saturated rings. The van der Waals surface area contributed by atoms with Crippen molar-refractivity contribution in [1.82, 2.24) is 0 Å². The van der Waals surface area contributed by atoms with E-state index in [4.69, 9.17) is 0 Å². The summed E-state index contributed by atoms with van der Waals surface area (Å²) in [5.74, 6) is 0.616. The zero-order chi connectivity index (χ0) is 21.0. The average molecular weight is 395 g/mol. The van der Waals surface area contributed by atoms with Gasteiger partial charge >= 0.3 is 0 Å². The van der Waals surface area contributed by atoms with Crippen molar-refractivity contribution in [3.05, 3.63) is 131 Å². The van der Waals surface area contributed by atoms with E-state index in [1.165, 1.54) is 11.1 Å². The van der Waals surface area contributed by atoms with Crippen LogP contribution >= 0.6 is 0 Å². The van der Waals surface area contributed by atoms with Gasteiger partial charge in [0, 0.05) is 11.3 Å². The normalized spacial score (nSPS) is 11.5. The number of benzene rings is 4. The van der Waals surface area contributed by atoms with Gasteiger partial charge in [0.05, 0.1) is 0 Å². The van der Waals surface area contributed by atoms with Gasteiger partial charge in [0.2, 0.25) is 0 Å². The molecule has 4 rings (SSSR count). The number of hydrogen-bond donors (Lipinski definition) is 2. The fraction of sp³-hybridized carbons (Fsp3) is 0.143. The molecular formula is C28H26O2. The van der Waals surface area contributed by atoms with E-state index in [0.29, 0.717) is 0 Å². The molecule has 2 nitrogen and oxygen atoms in total. The first kappa shape index (κ1) is 19.8. The van der Waals surface area contributed by atoms with E-state index in [1.807, 2.05) is 36.4 Å². The topological polar surface area (TPSA) is 40.5 Å². The van der Waals surface area contributed by atoms with E-state index in [0.717, 1.165) is 17.5 Å². The summed E-state index contributed by atoms with van der Waals surface area (Å²) in [6.07, 6.45) is 0.844. The van der Waals surface area contributed by atoms with E-state index >= 15 is 0 Å². The maximum absolute atomic E-state index is 9.80. The van der Waals surface area contributed by atoms with Crippen LogP contribution in [0.4, 0.5) is 0 Å². The quantitative estimate of drug-likeness (QED) is 0.385. The fourth-order valence-electron chi connectivity index (χ4n) is 4.26. The molecule has 0 amide bonds. The Labute approximate surface area is 178 Å². The summed E-state index contributed by atoms with van der Waals surface area (Å²) in [4.78, 5) is 0. The Morgan fingerprint density at radius 3 is 1.30 bits per heavy atom. The summed E-state index contributed by atoms with van der Waals surface area (Å²) in [5.41, 5.74) is 4.58. The van der Waals surface area contributed by atoms with Crippen molar-refractivity contribution >= 4 is 0 Å². The molecule has 4 aromatic rings. The van der Waals surface area contributed by atoms with Gasteiger partial charge in [-0.2, -0.15) is 0 Å². The predicted molar refractivity (Wildman–Crippen MR) is 122 cm³/mol. The molecule has 0 aliphatic carbocycles. The molecule has 0 radical (unpaired) electrons. The SMILES string of the molecule is CC(CC(c1ccc(O)cc1)c1ccc(O)cc1)(c1ccccc1)c1ccccc1. The second kappa shape index (κ2) is 8.46. The monoisotopic (exact) mass is 394 g/mol. The third-order valence-electron chi connectivity index (χ3n) is 6.03. The second-order valence-electron chi connectivity index (χ2n) is 8.00. The minimum absolute atomic E-state index is 0.0941. The van der Waals surface area contributed by atoms with Crippen molar-refractivity contribution < 1.29 is 10.2 Å². The van der Waals surface area contributed by atoms with Crippen molar-refractivity contribution in [2.45, 2.75) is 24.7 Å². The lowest BCUT2D eigenvalue weighted by molar-refractivity contribution is 0.470. The van der Waals surface area contributed by atoms with Crippen molar-refractivity contribution in [2.24, 2.45) is 0 Å². The van der Waals surface area contributed by atoms with Gasteiger partial charge in [-0.05, 0) is 52.9 Å². The van der Waals surface area contributed by atoms with Crippen LogP contribution in [0.15, 0.2) is 109 Å². The highest BCUT2D eigenvalue weighted by Crippen LogP contribution is 2.43. The first-order chi connectivity index (χ1) is 14.6. The van der Waals surface area contributed by atoms with Gasteiger partial charge in [-0.25, -0.2) is 0 Å². The molecule has 2 heteroatoms. The van der Waals surface area contributed by atoms with Crippen LogP contribution < -0.4 is 0 Å². The molecule has 0 aliphatic heterocycles. The van der Waals surface area contributed by atoms with Crippen LogP contribution in [0.3, 0.4) is 0 Å². The van der Waals surface area contributed by atoms with Crippen LogP contribution in [0, 0.1) is 0 Å². The molecule has 0 atom stereocenters. The van der Waals surface area contributed by atoms with Gasteiger partial charge < -0.3 is 10.2 Å². The van der Waals surface area contributed by atoms with Gasteiger partial charge in [-0.15, -0.1) is 0 Å². The summed E-state index contributed by atoms with van der Waals surface area (Å²) >= 11 is 0. The molecule has 30 heavy (non-hydrogen) atoms. The third-order valence-corrected chi connectivity index (χ3v) is 6.03. The van der Waals surface area contributed by atoms with E-state index in [1.54, 1.807) is 24.3 Å². The Balaban J connectivity index is 1.84. The van der Waals surface area contributed by atoms with E-state index in [-0.39, 0.29) is 22.8 Å². The van der Waals surface area contributed by atoms with Crippen LogP contribution in [0.5, 0.6) is 11.5 Å². The Morgan fingerprint density at radius 1 is 0.567 bits per heavy atom. The number of aromatic hydroxyl groups is 2. The minimum atomic E-state index is -0.219. The molecular weight excluding hydrogens is 368 g/mol. The van der Waals surface area contributed by atoms with Gasteiger partial charge in [0.25, 0.3) is 0 Å². The molecule has 0 saturated carbocycles. The summed E-state index contributed by atoms with van der Waals surface area (Å²) in [6, 6.07) is 36.1. The van der Waals surface area contributed by atoms with Crippen LogP contribution in [0.2, 0.25) is 0 Å². The van der Waals surface area contributed by atoms with E-state index in [9.17, 15) is 10.2 Å². The van der Waals surface area contributed by atoms with Gasteiger partial charge in [-0.1, -0.05) is 91.9 Å². The number of phenolic OH excluding ortho intramolecular Hbond substituents is 2. The third kappa shape index (κ3) is 4.08. The Morgan fingerprint density at radius 2 is 0.933 bits per heavy atom. The summed E-state index contributed by atoms with van der Waals surface area (Å²) in [7, 11) is 0. The Bertz CT molecular complexity index is 984. The van der Waals surface area contributed by atoms with E-state index in [2.05, 4.69) is 55.5 Å². The molecule has 0 aromatic heterocycles. The highest BCUT2D eigenvalue weighted by molar-refractivity contribution is 5.43. The van der Waals surface area contributed by atoms with Gasteiger partial charge in [0.1, 0.15) is 11.5 Å². The molecule has 150 valence electrons. The average Bonchev–Trinajstić information content (AvgIpc) is 2.80. The zero-order valence-corrected chi connectivity index (χ0v) is 17.1. The largest absolute Gasteiger partial charge is 0.508 e. The predicted octanol–water partition coefficient (Wildman–Crippen LogP) is 6.63. The molecule has 0 spiro atoms. The second-order valence-corrected chi connectivity index (χ2v) is 8.00. The molecule has 0 aliphatic rings. The molecule has 0 bridgehead atoms. The van der Waals surface area contributed by atoms with Crippen LogP contribution in [0.25, 0.3) is 0 Å². The summed E-state index contributed by atoms with van der Waals surface area (Å²) < 4.78 is 0. The maximum Gasteiger partial charge on any atom is 0.115 e. The van der Waals surface area contributed by atoms with Crippen LogP contribution in [0.1, 0.15) is 41.5 Å². The van der Waals surface area contributed by atoms with Crippen molar-refractivity contribution in [3.63, 3.8) is 0 Å². The Kier molecular flexibility index (Phi) is 5.58. The molecule has 2 N–H and O–H groups in total. The van der Waals surface area contributed by atoms with Gasteiger partial charge in [-0.3, -0.25) is 0 Å². The lowest BCUT2D eigenvalue weighted by Gasteiger charge is -2.35. The number of hydrogen-bond acceptors (Lipinski definition) is 2. The van der Waals surface area contributed by atoms with E-state index < -0.39 is 0 Å². The fourth-order valence-corrected chi connectivity index (χ4v) is 4.26. The molecule has 0 saturated heterocycles. The molecule has 0 unspecified atom stereocenters. The number of phenols is 2. The Hall–Kier alpha value is -3.52. The first-order valence-corrected chi connectivity index (χ1v) is 10.3. The van der Waals surface area contributed by atoms with Crippen molar-refractivity contribution in [1.29, 1.82) is 0 Å². The smallest absolute Gasteiger partial charge is 0.115 e. The standard InChI is InChI=1S/C28H26O2/c1-28(23-8-4-2-5-9-23,24-10-6-3-7-11-24)20-27(21-12-16-25(29)17-13-21)22-14-18-26(30)19-15-22/h2-19,27,29-30H,20H2,1H3. The van der Waals surface area contributed by atoms with Crippen molar-refractivity contribution in [3.8, 4) is 11.5 Å².